The third-order valence-electron chi connectivity index (χ3n) is 2.36. The molecule has 1 aromatic rings. The molecular weight excluding hydrogens is 258 g/mol. The van der Waals surface area contributed by atoms with Gasteiger partial charge in [0.1, 0.15) is 0 Å². The molecule has 1 aromatic heterocycles. The molecule has 102 valence electrons. The maximum absolute atomic E-state index is 11.4. The van der Waals surface area contributed by atoms with Crippen LogP contribution in [0.25, 0.3) is 0 Å². The van der Waals surface area contributed by atoms with Gasteiger partial charge < -0.3 is 9.62 Å². The Bertz CT molecular complexity index is 503. The van der Waals surface area contributed by atoms with E-state index in [0.29, 0.717) is 11.3 Å². The van der Waals surface area contributed by atoms with Crippen LogP contribution in [0.2, 0.25) is 0 Å². The van der Waals surface area contributed by atoms with Crippen molar-refractivity contribution in [1.82, 2.24) is 0 Å². The summed E-state index contributed by atoms with van der Waals surface area (Å²) in [5, 5.41) is 10.9. The van der Waals surface area contributed by atoms with Crippen LogP contribution in [0.1, 0.15) is 38.4 Å². The molecule has 1 heterocycles. The van der Waals surface area contributed by atoms with E-state index < -0.39 is 15.2 Å². The van der Waals surface area contributed by atoms with Gasteiger partial charge in [-0.15, -0.1) is 0 Å². The second-order valence-corrected chi connectivity index (χ2v) is 5.31. The highest BCUT2D eigenvalue weighted by atomic mass is 32.2. The van der Waals surface area contributed by atoms with Gasteiger partial charge in [-0.2, -0.15) is 8.42 Å². The van der Waals surface area contributed by atoms with Gasteiger partial charge in [0, 0.05) is 6.42 Å². The first-order valence-corrected chi connectivity index (χ1v) is 7.23. The number of hydroxylamine groups is 1. The first-order chi connectivity index (χ1) is 8.43. The van der Waals surface area contributed by atoms with Crippen LogP contribution in [0.3, 0.4) is 0 Å². The van der Waals surface area contributed by atoms with Crippen molar-refractivity contribution in [1.29, 1.82) is 0 Å². The summed E-state index contributed by atoms with van der Waals surface area (Å²) in [5.74, 6) is 0.105. The Morgan fingerprint density at radius 3 is 2.67 bits per heavy atom. The van der Waals surface area contributed by atoms with Crippen LogP contribution in [0.5, 0.6) is 0 Å². The minimum Gasteiger partial charge on any atom is -0.624 e. The van der Waals surface area contributed by atoms with Gasteiger partial charge in [-0.1, -0.05) is 19.8 Å². The normalized spacial score (nSPS) is 12.9. The third-order valence-corrected chi connectivity index (χ3v) is 3.09. The first kappa shape index (κ1) is 14.7. The number of nitrogens with zero attached hydrogens (tertiary/aromatic N) is 1. The Morgan fingerprint density at radius 2 is 2.11 bits per heavy atom. The lowest BCUT2D eigenvalue weighted by atomic mass is 10.2. The van der Waals surface area contributed by atoms with Crippen LogP contribution in [-0.2, 0) is 10.1 Å². The summed E-state index contributed by atoms with van der Waals surface area (Å²) in [7, 11) is -4.35. The number of hydrogen-bond donors (Lipinski definition) is 1. The minimum absolute atomic E-state index is 0.105. The summed E-state index contributed by atoms with van der Waals surface area (Å²) in [6, 6.07) is 2.42. The van der Waals surface area contributed by atoms with Crippen LogP contribution in [0, 0.1) is 5.21 Å². The van der Waals surface area contributed by atoms with Crippen molar-refractivity contribution in [3.05, 3.63) is 23.1 Å². The molecule has 0 unspecified atom stereocenters. The van der Waals surface area contributed by atoms with Crippen molar-refractivity contribution in [2.75, 3.05) is 6.54 Å². The Balaban J connectivity index is 2.57. The monoisotopic (exact) mass is 275 g/mol. The highest BCUT2D eigenvalue weighted by Gasteiger charge is 2.15. The fourth-order valence-electron chi connectivity index (χ4n) is 1.44. The van der Waals surface area contributed by atoms with Crippen molar-refractivity contribution >= 4 is 16.3 Å². The van der Waals surface area contributed by atoms with Crippen molar-refractivity contribution in [3.8, 4) is 0 Å². The first-order valence-electron chi connectivity index (χ1n) is 5.79. The molecule has 0 amide bonds. The largest absolute Gasteiger partial charge is 0.624 e. The molecule has 7 heteroatoms. The molecule has 0 aliphatic rings. The Labute approximate surface area is 106 Å². The summed E-state index contributed by atoms with van der Waals surface area (Å²) in [6.45, 7) is 2.42. The highest BCUT2D eigenvalue weighted by Crippen LogP contribution is 2.11. The Kier molecular flexibility index (Phi) is 5.36. The Hall–Kier alpha value is -1.34. The van der Waals surface area contributed by atoms with Crippen molar-refractivity contribution in [3.63, 3.8) is 0 Å². The van der Waals surface area contributed by atoms with Gasteiger partial charge in [0.05, 0.1) is 0 Å². The predicted octanol–water partition coefficient (Wildman–Crippen LogP) is 2.04. The van der Waals surface area contributed by atoms with Crippen molar-refractivity contribution in [2.24, 2.45) is 0 Å². The van der Waals surface area contributed by atoms with Crippen LogP contribution < -0.4 is 0 Å². The van der Waals surface area contributed by atoms with Gasteiger partial charge in [-0.05, 0) is 18.6 Å². The van der Waals surface area contributed by atoms with Crippen molar-refractivity contribution in [2.45, 2.75) is 37.7 Å². The van der Waals surface area contributed by atoms with E-state index in [9.17, 15) is 13.6 Å². The van der Waals surface area contributed by atoms with E-state index in [1.165, 1.54) is 12.3 Å². The minimum atomic E-state index is -4.35. The van der Waals surface area contributed by atoms with Crippen LogP contribution in [0.15, 0.2) is 21.6 Å². The molecule has 1 rings (SSSR count). The standard InChI is InChI=1S/C11H17NO5S/c1-2-3-4-5-8-12(13)9-10-6-7-11(17-10)18(14,15)16/h6-7,9H,2-5,8H2,1H3,(H,14,15,16). The summed E-state index contributed by atoms with van der Waals surface area (Å²) in [6.07, 6.45) is 5.11. The number of unbranched alkanes of at least 4 members (excludes halogenated alkanes) is 3. The molecule has 0 bridgehead atoms. The lowest BCUT2D eigenvalue weighted by Gasteiger charge is -2.02. The molecular formula is C11H17NO5S. The molecule has 18 heavy (non-hydrogen) atoms. The van der Waals surface area contributed by atoms with Gasteiger partial charge in [-0.25, -0.2) is 4.74 Å². The van der Waals surface area contributed by atoms with E-state index in [1.807, 2.05) is 0 Å². The summed E-state index contributed by atoms with van der Waals surface area (Å²) >= 11 is 0. The zero-order valence-electron chi connectivity index (χ0n) is 10.2. The van der Waals surface area contributed by atoms with Crippen LogP contribution in [0.4, 0.5) is 0 Å². The van der Waals surface area contributed by atoms with Crippen LogP contribution >= 0.6 is 0 Å². The second-order valence-electron chi connectivity index (χ2n) is 3.96. The molecule has 0 saturated carbocycles. The average Bonchev–Trinajstić information content (AvgIpc) is 2.72. The quantitative estimate of drug-likeness (QED) is 0.205. The molecule has 0 radical (unpaired) electrons. The lowest BCUT2D eigenvalue weighted by molar-refractivity contribution is -0.453. The van der Waals surface area contributed by atoms with Gasteiger partial charge >= 0.3 is 10.1 Å². The molecule has 0 saturated heterocycles. The molecule has 0 atom stereocenters. The number of hydrogen-bond acceptors (Lipinski definition) is 4. The van der Waals surface area contributed by atoms with Gasteiger partial charge in [-0.3, -0.25) is 4.55 Å². The smallest absolute Gasteiger partial charge is 0.328 e. The van der Waals surface area contributed by atoms with Crippen molar-refractivity contribution < 1.29 is 22.1 Å². The third kappa shape index (κ3) is 4.89. The van der Waals surface area contributed by atoms with E-state index in [1.54, 1.807) is 0 Å². The van der Waals surface area contributed by atoms with Crippen LogP contribution in [-0.4, -0.2) is 30.5 Å². The summed E-state index contributed by atoms with van der Waals surface area (Å²) < 4.78 is 35.7. The molecule has 0 aromatic carbocycles. The van der Waals surface area contributed by atoms with Gasteiger partial charge in [0.15, 0.2) is 12.3 Å². The average molecular weight is 275 g/mol. The van der Waals surface area contributed by atoms with Gasteiger partial charge in [0.25, 0.3) is 0 Å². The zero-order chi connectivity index (χ0) is 13.6. The topological polar surface area (TPSA) is 93.6 Å². The van der Waals surface area contributed by atoms with E-state index in [-0.39, 0.29) is 5.76 Å². The lowest BCUT2D eigenvalue weighted by Crippen LogP contribution is -2.07. The van der Waals surface area contributed by atoms with E-state index in [0.717, 1.165) is 31.7 Å². The molecule has 0 aliphatic heterocycles. The van der Waals surface area contributed by atoms with E-state index >= 15 is 0 Å². The fourth-order valence-corrected chi connectivity index (χ4v) is 1.88. The number of rotatable bonds is 7. The maximum atomic E-state index is 11.4. The molecule has 6 nitrogen and oxygen atoms in total. The second kappa shape index (κ2) is 6.55. The highest BCUT2D eigenvalue weighted by molar-refractivity contribution is 7.85. The fraction of sp³-hybridized carbons (Fsp3) is 0.545. The summed E-state index contributed by atoms with van der Waals surface area (Å²) in [5.41, 5.74) is 0. The predicted molar refractivity (Wildman–Crippen MR) is 66.3 cm³/mol. The Morgan fingerprint density at radius 1 is 1.39 bits per heavy atom. The van der Waals surface area contributed by atoms with E-state index in [2.05, 4.69) is 6.92 Å². The maximum Gasteiger partial charge on any atom is 0.328 e. The molecule has 0 fully saturated rings. The zero-order valence-corrected chi connectivity index (χ0v) is 11.0. The number of furan rings is 1. The summed E-state index contributed by atoms with van der Waals surface area (Å²) in [4.78, 5) is 0. The molecule has 0 spiro atoms. The van der Waals surface area contributed by atoms with E-state index in [4.69, 9.17) is 8.97 Å². The SMILES string of the molecule is CCCCCC[N+]([O-])=Cc1ccc(S(=O)(=O)O)o1. The molecule has 1 N–H and O–H groups in total. The van der Waals surface area contributed by atoms with Gasteiger partial charge in [0.2, 0.25) is 11.3 Å². The molecule has 0 aliphatic carbocycles.